The number of nitrogens with zero attached hydrogens (tertiary/aromatic N) is 2. The lowest BCUT2D eigenvalue weighted by Gasteiger charge is -1.97. The lowest BCUT2D eigenvalue weighted by Crippen LogP contribution is -1.94. The molecular formula is C12H13N3. The van der Waals surface area contributed by atoms with Crippen molar-refractivity contribution in [1.29, 1.82) is 0 Å². The van der Waals surface area contributed by atoms with Crippen molar-refractivity contribution >= 4 is 17.1 Å². The van der Waals surface area contributed by atoms with E-state index < -0.39 is 0 Å². The van der Waals surface area contributed by atoms with Gasteiger partial charge in [-0.1, -0.05) is 18.2 Å². The summed E-state index contributed by atoms with van der Waals surface area (Å²) in [4.78, 5) is 8.46. The van der Waals surface area contributed by atoms with Gasteiger partial charge < -0.3 is 5.73 Å². The molecule has 76 valence electrons. The fourth-order valence-corrected chi connectivity index (χ4v) is 1.40. The van der Waals surface area contributed by atoms with Crippen molar-refractivity contribution in [3.8, 4) is 0 Å². The Hall–Kier alpha value is -1.74. The van der Waals surface area contributed by atoms with Crippen molar-refractivity contribution in [1.82, 2.24) is 9.97 Å². The van der Waals surface area contributed by atoms with Crippen LogP contribution in [0.4, 0.5) is 0 Å². The molecule has 0 aliphatic rings. The standard InChI is InChI=1S/C12H13N3/c13-6-2-1-3-10-4-5-11-12(9-10)15-8-7-14-11/h1,3-5,7-9H,2,6,13H2. The normalized spacial score (nSPS) is 11.3. The topological polar surface area (TPSA) is 51.8 Å². The first kappa shape index (κ1) is 9.80. The largest absolute Gasteiger partial charge is 0.330 e. The number of nitrogens with two attached hydrogens (primary N) is 1. The lowest BCUT2D eigenvalue weighted by molar-refractivity contribution is 1.01. The van der Waals surface area contributed by atoms with Crippen LogP contribution in [0.25, 0.3) is 17.1 Å². The van der Waals surface area contributed by atoms with Crippen LogP contribution in [0.15, 0.2) is 36.7 Å². The van der Waals surface area contributed by atoms with Crippen LogP contribution in [0.5, 0.6) is 0 Å². The Bertz CT molecular complexity index is 477. The molecule has 0 saturated heterocycles. The quantitative estimate of drug-likeness (QED) is 0.822. The highest BCUT2D eigenvalue weighted by atomic mass is 14.8. The van der Waals surface area contributed by atoms with Crippen LogP contribution >= 0.6 is 0 Å². The molecule has 1 heterocycles. The summed E-state index contributed by atoms with van der Waals surface area (Å²) in [5.74, 6) is 0. The first-order chi connectivity index (χ1) is 7.40. The third kappa shape index (κ3) is 2.39. The monoisotopic (exact) mass is 199 g/mol. The summed E-state index contributed by atoms with van der Waals surface area (Å²) in [6.45, 7) is 0.684. The van der Waals surface area contributed by atoms with Crippen LogP contribution < -0.4 is 5.73 Å². The van der Waals surface area contributed by atoms with Gasteiger partial charge in [-0.2, -0.15) is 0 Å². The Morgan fingerprint density at radius 3 is 2.73 bits per heavy atom. The van der Waals surface area contributed by atoms with E-state index in [1.54, 1.807) is 12.4 Å². The Morgan fingerprint density at radius 1 is 1.13 bits per heavy atom. The van der Waals surface area contributed by atoms with Crippen LogP contribution in [0.3, 0.4) is 0 Å². The van der Waals surface area contributed by atoms with Crippen molar-refractivity contribution < 1.29 is 0 Å². The van der Waals surface area contributed by atoms with E-state index in [0.29, 0.717) is 6.54 Å². The molecule has 0 atom stereocenters. The highest BCUT2D eigenvalue weighted by Gasteiger charge is 1.94. The molecule has 1 aromatic heterocycles. The van der Waals surface area contributed by atoms with Gasteiger partial charge in [-0.15, -0.1) is 0 Å². The fourth-order valence-electron chi connectivity index (χ4n) is 1.40. The second-order valence-electron chi connectivity index (χ2n) is 3.28. The maximum atomic E-state index is 5.41. The molecule has 3 heteroatoms. The van der Waals surface area contributed by atoms with Gasteiger partial charge in [0.2, 0.25) is 0 Å². The van der Waals surface area contributed by atoms with Crippen molar-refractivity contribution in [2.75, 3.05) is 6.54 Å². The van der Waals surface area contributed by atoms with Gasteiger partial charge in [-0.05, 0) is 30.7 Å². The lowest BCUT2D eigenvalue weighted by atomic mass is 10.1. The maximum Gasteiger partial charge on any atom is 0.0892 e. The molecule has 0 spiro atoms. The van der Waals surface area contributed by atoms with Crippen LogP contribution in [-0.4, -0.2) is 16.5 Å². The minimum absolute atomic E-state index is 0.684. The fraction of sp³-hybridized carbons (Fsp3) is 0.167. The predicted molar refractivity (Wildman–Crippen MR) is 62.2 cm³/mol. The van der Waals surface area contributed by atoms with E-state index in [9.17, 15) is 0 Å². The van der Waals surface area contributed by atoms with E-state index in [1.807, 2.05) is 18.2 Å². The summed E-state index contributed by atoms with van der Waals surface area (Å²) in [6, 6.07) is 6.03. The van der Waals surface area contributed by atoms with Gasteiger partial charge in [0.15, 0.2) is 0 Å². The second-order valence-corrected chi connectivity index (χ2v) is 3.28. The summed E-state index contributed by atoms with van der Waals surface area (Å²) >= 11 is 0. The number of benzene rings is 1. The maximum absolute atomic E-state index is 5.41. The molecule has 2 aromatic rings. The van der Waals surface area contributed by atoms with E-state index >= 15 is 0 Å². The minimum Gasteiger partial charge on any atom is -0.330 e. The third-order valence-electron chi connectivity index (χ3n) is 2.14. The van der Waals surface area contributed by atoms with E-state index in [0.717, 1.165) is 23.0 Å². The van der Waals surface area contributed by atoms with Crippen molar-refractivity contribution in [3.05, 3.63) is 42.2 Å². The number of fused-ring (bicyclic) bond motifs is 1. The molecule has 0 fully saturated rings. The molecule has 1 aromatic carbocycles. The number of hydrogen-bond donors (Lipinski definition) is 1. The molecule has 0 aliphatic heterocycles. The van der Waals surface area contributed by atoms with E-state index in [4.69, 9.17) is 5.73 Å². The first-order valence-corrected chi connectivity index (χ1v) is 4.97. The minimum atomic E-state index is 0.684. The van der Waals surface area contributed by atoms with Gasteiger partial charge in [0.25, 0.3) is 0 Å². The van der Waals surface area contributed by atoms with Crippen LogP contribution in [-0.2, 0) is 0 Å². The Balaban J connectivity index is 2.30. The summed E-state index contributed by atoms with van der Waals surface area (Å²) in [7, 11) is 0. The van der Waals surface area contributed by atoms with E-state index in [1.165, 1.54) is 0 Å². The Kier molecular flexibility index (Phi) is 3.05. The molecule has 0 radical (unpaired) electrons. The smallest absolute Gasteiger partial charge is 0.0892 e. The second kappa shape index (κ2) is 4.66. The van der Waals surface area contributed by atoms with Crippen molar-refractivity contribution in [2.24, 2.45) is 5.73 Å². The molecule has 15 heavy (non-hydrogen) atoms. The molecule has 0 aliphatic carbocycles. The molecule has 0 unspecified atom stereocenters. The van der Waals surface area contributed by atoms with Crippen molar-refractivity contribution in [3.63, 3.8) is 0 Å². The number of rotatable bonds is 3. The zero-order chi connectivity index (χ0) is 10.5. The molecular weight excluding hydrogens is 186 g/mol. The molecule has 2 rings (SSSR count). The van der Waals surface area contributed by atoms with Crippen LogP contribution in [0, 0.1) is 0 Å². The highest BCUT2D eigenvalue weighted by Crippen LogP contribution is 2.12. The van der Waals surface area contributed by atoms with E-state index in [-0.39, 0.29) is 0 Å². The first-order valence-electron chi connectivity index (χ1n) is 4.97. The Labute approximate surface area is 88.7 Å². The van der Waals surface area contributed by atoms with Gasteiger partial charge in [-0.25, -0.2) is 0 Å². The summed E-state index contributed by atoms with van der Waals surface area (Å²) < 4.78 is 0. The van der Waals surface area contributed by atoms with Gasteiger partial charge in [-0.3, -0.25) is 9.97 Å². The molecule has 2 N–H and O–H groups in total. The van der Waals surface area contributed by atoms with Crippen LogP contribution in [0.2, 0.25) is 0 Å². The zero-order valence-electron chi connectivity index (χ0n) is 8.43. The molecule has 0 amide bonds. The summed E-state index contributed by atoms with van der Waals surface area (Å²) in [6.07, 6.45) is 8.43. The highest BCUT2D eigenvalue weighted by molar-refractivity contribution is 5.76. The van der Waals surface area contributed by atoms with Gasteiger partial charge in [0.1, 0.15) is 0 Å². The van der Waals surface area contributed by atoms with Gasteiger partial charge >= 0.3 is 0 Å². The number of aromatic nitrogens is 2. The van der Waals surface area contributed by atoms with Gasteiger partial charge in [0.05, 0.1) is 11.0 Å². The summed E-state index contributed by atoms with van der Waals surface area (Å²) in [5, 5.41) is 0. The zero-order valence-corrected chi connectivity index (χ0v) is 8.43. The Morgan fingerprint density at radius 2 is 1.93 bits per heavy atom. The predicted octanol–water partition coefficient (Wildman–Crippen LogP) is 1.99. The summed E-state index contributed by atoms with van der Waals surface area (Å²) in [5.41, 5.74) is 8.39. The van der Waals surface area contributed by atoms with Crippen LogP contribution in [0.1, 0.15) is 12.0 Å². The molecule has 0 bridgehead atoms. The molecule has 3 nitrogen and oxygen atoms in total. The average molecular weight is 199 g/mol. The number of hydrogen-bond acceptors (Lipinski definition) is 3. The van der Waals surface area contributed by atoms with Gasteiger partial charge in [0, 0.05) is 12.4 Å². The van der Waals surface area contributed by atoms with E-state index in [2.05, 4.69) is 22.1 Å². The SMILES string of the molecule is NCCC=Cc1ccc2nccnc2c1. The third-order valence-corrected chi connectivity index (χ3v) is 2.14. The van der Waals surface area contributed by atoms with Crippen molar-refractivity contribution in [2.45, 2.75) is 6.42 Å². The molecule has 0 saturated carbocycles. The average Bonchev–Trinajstić information content (AvgIpc) is 2.29.